The highest BCUT2D eigenvalue weighted by molar-refractivity contribution is 9.11. The Balaban J connectivity index is 2.42. The zero-order chi connectivity index (χ0) is 14.9. The first-order valence-electron chi connectivity index (χ1n) is 5.62. The standard InChI is InChI=1S/C13H10BrClF3NS/c1-19-11(10-6-9(15)12(14)20-10)7-3-2-4-8(5-7)13(16,17)18/h2-6,11,19H,1H3. The van der Waals surface area contributed by atoms with E-state index in [1.807, 2.05) is 0 Å². The third-order valence-electron chi connectivity index (χ3n) is 2.78. The van der Waals surface area contributed by atoms with E-state index >= 15 is 0 Å². The summed E-state index contributed by atoms with van der Waals surface area (Å²) in [5, 5.41) is 3.57. The van der Waals surface area contributed by atoms with Crippen molar-refractivity contribution in [2.24, 2.45) is 0 Å². The van der Waals surface area contributed by atoms with E-state index in [1.54, 1.807) is 19.2 Å². The topological polar surface area (TPSA) is 12.0 Å². The first-order chi connectivity index (χ1) is 9.32. The molecule has 1 nitrogen and oxygen atoms in total. The Kier molecular flexibility index (Phi) is 4.79. The molecule has 2 rings (SSSR count). The van der Waals surface area contributed by atoms with E-state index in [0.29, 0.717) is 10.6 Å². The average molecular weight is 385 g/mol. The van der Waals surface area contributed by atoms with Crippen LogP contribution in [-0.2, 0) is 6.18 Å². The molecule has 1 N–H and O–H groups in total. The van der Waals surface area contributed by atoms with Crippen LogP contribution >= 0.6 is 38.9 Å². The maximum atomic E-state index is 12.8. The summed E-state index contributed by atoms with van der Waals surface area (Å²) >= 11 is 10.7. The average Bonchev–Trinajstić information content (AvgIpc) is 2.69. The van der Waals surface area contributed by atoms with E-state index in [1.165, 1.54) is 17.4 Å². The lowest BCUT2D eigenvalue weighted by Gasteiger charge is -2.16. The van der Waals surface area contributed by atoms with E-state index in [-0.39, 0.29) is 6.04 Å². The smallest absolute Gasteiger partial charge is 0.309 e. The Hall–Kier alpha value is -0.560. The molecular weight excluding hydrogens is 375 g/mol. The van der Waals surface area contributed by atoms with Crippen LogP contribution in [0.15, 0.2) is 34.1 Å². The Labute approximate surface area is 131 Å². The van der Waals surface area contributed by atoms with Gasteiger partial charge in [-0.3, -0.25) is 0 Å². The molecule has 0 saturated heterocycles. The predicted molar refractivity (Wildman–Crippen MR) is 79.4 cm³/mol. The molecule has 1 unspecified atom stereocenters. The van der Waals surface area contributed by atoms with Gasteiger partial charge in [-0.15, -0.1) is 11.3 Å². The van der Waals surface area contributed by atoms with Crippen LogP contribution in [-0.4, -0.2) is 7.05 Å². The van der Waals surface area contributed by atoms with Gasteiger partial charge < -0.3 is 5.32 Å². The molecule has 7 heteroatoms. The van der Waals surface area contributed by atoms with Crippen LogP contribution in [0, 0.1) is 0 Å². The summed E-state index contributed by atoms with van der Waals surface area (Å²) in [5.74, 6) is 0. The van der Waals surface area contributed by atoms with Crippen molar-refractivity contribution in [3.63, 3.8) is 0 Å². The minimum Gasteiger partial charge on any atom is -0.309 e. The monoisotopic (exact) mass is 383 g/mol. The van der Waals surface area contributed by atoms with Crippen molar-refractivity contribution in [1.29, 1.82) is 0 Å². The third kappa shape index (κ3) is 3.36. The van der Waals surface area contributed by atoms with Crippen molar-refractivity contribution >= 4 is 38.9 Å². The fourth-order valence-corrected chi connectivity index (χ4v) is 3.76. The molecule has 0 aliphatic rings. The van der Waals surface area contributed by atoms with Gasteiger partial charge in [-0.1, -0.05) is 23.7 Å². The number of rotatable bonds is 3. The number of nitrogens with one attached hydrogen (secondary N) is 1. The van der Waals surface area contributed by atoms with Crippen LogP contribution in [0.25, 0.3) is 0 Å². The maximum Gasteiger partial charge on any atom is 0.416 e. The second kappa shape index (κ2) is 6.05. The highest BCUT2D eigenvalue weighted by atomic mass is 79.9. The van der Waals surface area contributed by atoms with Crippen LogP contribution in [0.4, 0.5) is 13.2 Å². The fourth-order valence-electron chi connectivity index (χ4n) is 1.87. The minimum atomic E-state index is -4.35. The molecule has 0 bridgehead atoms. The summed E-state index contributed by atoms with van der Waals surface area (Å²) in [6.45, 7) is 0. The Morgan fingerprint density at radius 1 is 1.30 bits per heavy atom. The van der Waals surface area contributed by atoms with Gasteiger partial charge in [0.25, 0.3) is 0 Å². The van der Waals surface area contributed by atoms with E-state index in [0.717, 1.165) is 20.8 Å². The van der Waals surface area contributed by atoms with Gasteiger partial charge in [0.1, 0.15) is 0 Å². The van der Waals surface area contributed by atoms with E-state index in [4.69, 9.17) is 11.6 Å². The fraction of sp³-hybridized carbons (Fsp3) is 0.231. The van der Waals surface area contributed by atoms with Crippen LogP contribution < -0.4 is 5.32 Å². The summed E-state index contributed by atoms with van der Waals surface area (Å²) in [4.78, 5) is 0.851. The van der Waals surface area contributed by atoms with Gasteiger partial charge in [0.05, 0.1) is 20.4 Å². The SMILES string of the molecule is CNC(c1cccc(C(F)(F)F)c1)c1cc(Cl)c(Br)s1. The van der Waals surface area contributed by atoms with Gasteiger partial charge in [-0.05, 0) is 46.7 Å². The molecule has 0 fully saturated rings. The van der Waals surface area contributed by atoms with Gasteiger partial charge in [-0.25, -0.2) is 0 Å². The van der Waals surface area contributed by atoms with E-state index in [9.17, 15) is 13.2 Å². The van der Waals surface area contributed by atoms with Crippen molar-refractivity contribution < 1.29 is 13.2 Å². The molecule has 1 aromatic carbocycles. The van der Waals surface area contributed by atoms with Gasteiger partial charge in [-0.2, -0.15) is 13.2 Å². The lowest BCUT2D eigenvalue weighted by Crippen LogP contribution is -2.17. The van der Waals surface area contributed by atoms with E-state index in [2.05, 4.69) is 21.2 Å². The molecule has 0 aliphatic heterocycles. The normalized spacial score (nSPS) is 13.5. The number of halogens is 5. The predicted octanol–water partition coefficient (Wildman–Crippen LogP) is 5.49. The summed E-state index contributed by atoms with van der Waals surface area (Å²) in [6, 6.07) is 6.71. The Morgan fingerprint density at radius 3 is 2.50 bits per heavy atom. The zero-order valence-electron chi connectivity index (χ0n) is 10.3. The molecule has 0 aliphatic carbocycles. The largest absolute Gasteiger partial charge is 0.416 e. The second-order valence-electron chi connectivity index (χ2n) is 4.12. The minimum absolute atomic E-state index is 0.328. The molecule has 1 atom stereocenters. The highest BCUT2D eigenvalue weighted by Gasteiger charge is 2.31. The van der Waals surface area contributed by atoms with Crippen LogP contribution in [0.2, 0.25) is 5.02 Å². The van der Waals surface area contributed by atoms with Crippen LogP contribution in [0.1, 0.15) is 22.0 Å². The summed E-state index contributed by atoms with van der Waals surface area (Å²) < 4.78 is 39.0. The van der Waals surface area contributed by atoms with Crippen LogP contribution in [0.3, 0.4) is 0 Å². The van der Waals surface area contributed by atoms with Gasteiger partial charge in [0, 0.05) is 4.88 Å². The Morgan fingerprint density at radius 2 is 2.00 bits per heavy atom. The maximum absolute atomic E-state index is 12.8. The molecule has 0 saturated carbocycles. The summed E-state index contributed by atoms with van der Waals surface area (Å²) in [5.41, 5.74) is -0.107. The van der Waals surface area contributed by atoms with Crippen molar-refractivity contribution in [3.8, 4) is 0 Å². The number of thiophene rings is 1. The second-order valence-corrected chi connectivity index (χ2v) is 6.92. The van der Waals surface area contributed by atoms with Gasteiger partial charge in [0.2, 0.25) is 0 Å². The van der Waals surface area contributed by atoms with Crippen LogP contribution in [0.5, 0.6) is 0 Å². The lowest BCUT2D eigenvalue weighted by molar-refractivity contribution is -0.137. The molecule has 0 amide bonds. The zero-order valence-corrected chi connectivity index (χ0v) is 13.4. The highest BCUT2D eigenvalue weighted by Crippen LogP contribution is 2.38. The lowest BCUT2D eigenvalue weighted by atomic mass is 10.0. The number of alkyl halides is 3. The Bertz CT molecular complexity index is 592. The van der Waals surface area contributed by atoms with Crippen molar-refractivity contribution in [1.82, 2.24) is 5.32 Å². The molecule has 1 aromatic heterocycles. The molecule has 108 valence electrons. The van der Waals surface area contributed by atoms with Crippen molar-refractivity contribution in [2.45, 2.75) is 12.2 Å². The molecular formula is C13H10BrClF3NS. The number of hydrogen-bond donors (Lipinski definition) is 1. The third-order valence-corrected chi connectivity index (χ3v) is 5.32. The molecule has 0 radical (unpaired) electrons. The molecule has 20 heavy (non-hydrogen) atoms. The molecule has 1 heterocycles. The quantitative estimate of drug-likeness (QED) is 0.737. The molecule has 0 spiro atoms. The number of benzene rings is 1. The molecule has 2 aromatic rings. The van der Waals surface area contributed by atoms with Gasteiger partial charge >= 0.3 is 6.18 Å². The van der Waals surface area contributed by atoms with Crippen molar-refractivity contribution in [2.75, 3.05) is 7.05 Å². The number of hydrogen-bond acceptors (Lipinski definition) is 2. The van der Waals surface area contributed by atoms with E-state index < -0.39 is 11.7 Å². The van der Waals surface area contributed by atoms with Crippen molar-refractivity contribution in [3.05, 3.63) is 55.1 Å². The first kappa shape index (κ1) is 15.8. The first-order valence-corrected chi connectivity index (χ1v) is 7.61. The summed E-state index contributed by atoms with van der Waals surface area (Å²) in [6.07, 6.45) is -4.35. The summed E-state index contributed by atoms with van der Waals surface area (Å²) in [7, 11) is 1.70. The van der Waals surface area contributed by atoms with Gasteiger partial charge in [0.15, 0.2) is 0 Å².